The zero-order chi connectivity index (χ0) is 15.9. The van der Waals surface area contributed by atoms with Gasteiger partial charge in [0.1, 0.15) is 12.4 Å². The maximum atomic E-state index is 6.11. The van der Waals surface area contributed by atoms with Gasteiger partial charge >= 0.3 is 0 Å². The first-order chi connectivity index (χ1) is 11.3. The molecule has 0 saturated heterocycles. The average Bonchev–Trinajstić information content (AvgIpc) is 2.62. The minimum atomic E-state index is 0.373. The minimum Gasteiger partial charge on any atom is -0.473 e. The molecule has 1 aromatic heterocycles. The zero-order valence-electron chi connectivity index (χ0n) is 13.3. The van der Waals surface area contributed by atoms with Crippen LogP contribution in [0.5, 0.6) is 5.88 Å². The third-order valence-corrected chi connectivity index (χ3v) is 4.16. The third-order valence-electron chi connectivity index (χ3n) is 4.16. The molecule has 1 aliphatic rings. The summed E-state index contributed by atoms with van der Waals surface area (Å²) in [5, 5.41) is 0. The lowest BCUT2D eigenvalue weighted by atomic mass is 9.96. The largest absolute Gasteiger partial charge is 0.473 e. The molecule has 1 aliphatic carbocycles. The van der Waals surface area contributed by atoms with Crippen molar-refractivity contribution in [1.82, 2.24) is 4.98 Å². The van der Waals surface area contributed by atoms with Crippen molar-refractivity contribution in [1.29, 1.82) is 0 Å². The Hall–Kier alpha value is -2.36. The first kappa shape index (κ1) is 15.5. The molecule has 2 aromatic rings. The number of nitrogens with zero attached hydrogens (tertiary/aromatic N) is 2. The van der Waals surface area contributed by atoms with Crippen LogP contribution < -0.4 is 10.5 Å². The minimum absolute atomic E-state index is 0.373. The highest BCUT2D eigenvalue weighted by atomic mass is 16.5. The number of aliphatic imine (C=N–C) groups is 1. The molecule has 0 bridgehead atoms. The third kappa shape index (κ3) is 4.55. The lowest BCUT2D eigenvalue weighted by Crippen LogP contribution is -2.19. The number of benzene rings is 1. The molecule has 0 atom stereocenters. The van der Waals surface area contributed by atoms with Gasteiger partial charge in [0.15, 0.2) is 0 Å². The summed E-state index contributed by atoms with van der Waals surface area (Å²) in [5.41, 5.74) is 8.10. The fourth-order valence-electron chi connectivity index (χ4n) is 2.83. The van der Waals surface area contributed by atoms with Gasteiger partial charge in [0, 0.05) is 17.8 Å². The average molecular weight is 309 g/mol. The summed E-state index contributed by atoms with van der Waals surface area (Å²) in [4.78, 5) is 8.97. The number of pyridine rings is 1. The van der Waals surface area contributed by atoms with Crippen LogP contribution in [0.3, 0.4) is 0 Å². The number of hydrogen-bond donors (Lipinski definition) is 1. The van der Waals surface area contributed by atoms with Crippen LogP contribution in [-0.2, 0) is 6.61 Å². The van der Waals surface area contributed by atoms with E-state index in [0.717, 1.165) is 24.0 Å². The monoisotopic (exact) mass is 309 g/mol. The Morgan fingerprint density at radius 2 is 1.87 bits per heavy atom. The summed E-state index contributed by atoms with van der Waals surface area (Å²) in [6.45, 7) is 0.513. The van der Waals surface area contributed by atoms with Gasteiger partial charge in [-0.1, -0.05) is 49.6 Å². The molecule has 120 valence electrons. The van der Waals surface area contributed by atoms with E-state index in [9.17, 15) is 0 Å². The molecule has 1 saturated carbocycles. The van der Waals surface area contributed by atoms with Crippen LogP contribution in [0.15, 0.2) is 53.7 Å². The van der Waals surface area contributed by atoms with Crippen LogP contribution in [0, 0.1) is 0 Å². The first-order valence-electron chi connectivity index (χ1n) is 8.28. The van der Waals surface area contributed by atoms with E-state index in [1.165, 1.54) is 19.3 Å². The molecule has 0 aliphatic heterocycles. The van der Waals surface area contributed by atoms with Gasteiger partial charge in [0.05, 0.1) is 6.04 Å². The number of rotatable bonds is 5. The summed E-state index contributed by atoms with van der Waals surface area (Å²) in [7, 11) is 0. The number of nitrogens with two attached hydrogens (primary N) is 1. The summed E-state index contributed by atoms with van der Waals surface area (Å²) in [6, 6.07) is 14.2. The second-order valence-corrected chi connectivity index (χ2v) is 5.97. The van der Waals surface area contributed by atoms with E-state index in [1.54, 1.807) is 6.20 Å². The first-order valence-corrected chi connectivity index (χ1v) is 8.28. The number of aromatic nitrogens is 1. The van der Waals surface area contributed by atoms with Gasteiger partial charge in [-0.2, -0.15) is 0 Å². The van der Waals surface area contributed by atoms with Crippen molar-refractivity contribution < 1.29 is 4.74 Å². The predicted octanol–water partition coefficient (Wildman–Crippen LogP) is 3.70. The predicted molar refractivity (Wildman–Crippen MR) is 92.6 cm³/mol. The van der Waals surface area contributed by atoms with E-state index in [1.807, 2.05) is 42.5 Å². The Morgan fingerprint density at radius 3 is 2.57 bits per heavy atom. The number of amidine groups is 1. The van der Waals surface area contributed by atoms with E-state index >= 15 is 0 Å². The van der Waals surface area contributed by atoms with Crippen molar-refractivity contribution in [2.75, 3.05) is 0 Å². The molecule has 0 radical (unpaired) electrons. The van der Waals surface area contributed by atoms with Gasteiger partial charge in [0.25, 0.3) is 0 Å². The van der Waals surface area contributed by atoms with Gasteiger partial charge in [-0.25, -0.2) is 4.98 Å². The fourth-order valence-corrected chi connectivity index (χ4v) is 2.83. The maximum absolute atomic E-state index is 6.11. The molecular weight excluding hydrogens is 286 g/mol. The molecule has 3 rings (SSSR count). The van der Waals surface area contributed by atoms with Gasteiger partial charge in [-0.15, -0.1) is 0 Å². The Balaban J connectivity index is 1.59. The van der Waals surface area contributed by atoms with E-state index in [0.29, 0.717) is 24.4 Å². The second kappa shape index (κ2) is 7.77. The lowest BCUT2D eigenvalue weighted by Gasteiger charge is -2.18. The van der Waals surface area contributed by atoms with Crippen LogP contribution in [0.1, 0.15) is 43.2 Å². The molecule has 4 heteroatoms. The normalized spacial score (nSPS) is 16.3. The van der Waals surface area contributed by atoms with Gasteiger partial charge < -0.3 is 10.5 Å². The van der Waals surface area contributed by atoms with Crippen molar-refractivity contribution in [3.63, 3.8) is 0 Å². The maximum Gasteiger partial charge on any atom is 0.213 e. The molecule has 0 spiro atoms. The summed E-state index contributed by atoms with van der Waals surface area (Å²) >= 11 is 0. The molecular formula is C19H23N3O. The SMILES string of the molecule is NC(=NC1CCCCC1)c1ccc(OCc2ccccc2)nc1. The molecule has 2 N–H and O–H groups in total. The fraction of sp³-hybridized carbons (Fsp3) is 0.368. The highest BCUT2D eigenvalue weighted by Gasteiger charge is 2.13. The topological polar surface area (TPSA) is 60.5 Å². The van der Waals surface area contributed by atoms with Crippen molar-refractivity contribution in [3.8, 4) is 5.88 Å². The molecule has 0 amide bonds. The van der Waals surface area contributed by atoms with Crippen LogP contribution in [0.25, 0.3) is 0 Å². The van der Waals surface area contributed by atoms with E-state index in [2.05, 4.69) is 9.98 Å². The molecule has 1 heterocycles. The van der Waals surface area contributed by atoms with Gasteiger partial charge in [-0.3, -0.25) is 4.99 Å². The van der Waals surface area contributed by atoms with E-state index in [-0.39, 0.29) is 0 Å². The molecule has 1 fully saturated rings. The number of hydrogen-bond acceptors (Lipinski definition) is 3. The van der Waals surface area contributed by atoms with Gasteiger partial charge in [-0.05, 0) is 24.5 Å². The quantitative estimate of drug-likeness (QED) is 0.676. The zero-order valence-corrected chi connectivity index (χ0v) is 13.3. The standard InChI is InChI=1S/C19H23N3O/c20-19(22-17-9-5-2-6-10-17)16-11-12-18(21-13-16)23-14-15-7-3-1-4-8-15/h1,3-4,7-8,11-13,17H,2,5-6,9-10,14H2,(H2,20,22). The van der Waals surface area contributed by atoms with Crippen LogP contribution in [-0.4, -0.2) is 16.9 Å². The Kier molecular flexibility index (Phi) is 5.25. The van der Waals surface area contributed by atoms with Gasteiger partial charge in [0.2, 0.25) is 5.88 Å². The van der Waals surface area contributed by atoms with Crippen molar-refractivity contribution in [3.05, 3.63) is 59.8 Å². The lowest BCUT2D eigenvalue weighted by molar-refractivity contribution is 0.294. The van der Waals surface area contributed by atoms with Crippen LogP contribution >= 0.6 is 0 Å². The van der Waals surface area contributed by atoms with Crippen molar-refractivity contribution >= 4 is 5.84 Å². The van der Waals surface area contributed by atoms with Crippen LogP contribution in [0.4, 0.5) is 0 Å². The molecule has 1 aromatic carbocycles. The van der Waals surface area contributed by atoms with E-state index in [4.69, 9.17) is 10.5 Å². The highest BCUT2D eigenvalue weighted by Crippen LogP contribution is 2.20. The Morgan fingerprint density at radius 1 is 1.09 bits per heavy atom. The highest BCUT2D eigenvalue weighted by molar-refractivity contribution is 5.97. The number of ether oxygens (including phenoxy) is 1. The summed E-state index contributed by atoms with van der Waals surface area (Å²) in [6.07, 6.45) is 7.86. The molecule has 0 unspecified atom stereocenters. The van der Waals surface area contributed by atoms with Crippen molar-refractivity contribution in [2.45, 2.75) is 44.8 Å². The smallest absolute Gasteiger partial charge is 0.213 e. The molecule has 23 heavy (non-hydrogen) atoms. The Bertz CT molecular complexity index is 631. The van der Waals surface area contributed by atoms with Crippen LogP contribution in [0.2, 0.25) is 0 Å². The van der Waals surface area contributed by atoms with E-state index < -0.39 is 0 Å². The molecule has 4 nitrogen and oxygen atoms in total. The van der Waals surface area contributed by atoms with Crippen molar-refractivity contribution in [2.24, 2.45) is 10.7 Å². The summed E-state index contributed by atoms with van der Waals surface area (Å²) < 4.78 is 5.68. The second-order valence-electron chi connectivity index (χ2n) is 5.97. The Labute approximate surface area is 137 Å². The summed E-state index contributed by atoms with van der Waals surface area (Å²) in [5.74, 6) is 1.18.